The van der Waals surface area contributed by atoms with E-state index >= 15 is 0 Å². The second-order valence-electron chi connectivity index (χ2n) is 7.37. The van der Waals surface area contributed by atoms with Crippen molar-refractivity contribution in [2.75, 3.05) is 6.54 Å². The van der Waals surface area contributed by atoms with Gasteiger partial charge < -0.3 is 16.2 Å². The van der Waals surface area contributed by atoms with E-state index in [1.54, 1.807) is 0 Å². The van der Waals surface area contributed by atoms with Crippen molar-refractivity contribution in [1.29, 1.82) is 0 Å². The van der Waals surface area contributed by atoms with Gasteiger partial charge in [-0.05, 0) is 45.1 Å². The highest BCUT2D eigenvalue weighted by atomic mass is 35.5. The maximum Gasteiger partial charge on any atom is 0.326 e. The number of unbranched alkanes of at least 4 members (excludes halogenated alkanes) is 11. The summed E-state index contributed by atoms with van der Waals surface area (Å²) >= 11 is 0. The highest BCUT2D eigenvalue weighted by molar-refractivity contribution is 5.85. The predicted octanol–water partition coefficient (Wildman–Crippen LogP) is 5.36. The summed E-state index contributed by atoms with van der Waals surface area (Å²) in [6, 6.07) is -0.856. The van der Waals surface area contributed by atoms with Gasteiger partial charge in [0.2, 0.25) is 5.91 Å². The third-order valence-corrected chi connectivity index (χ3v) is 4.75. The second kappa shape index (κ2) is 22.2. The van der Waals surface area contributed by atoms with Gasteiger partial charge in [-0.3, -0.25) is 4.79 Å². The van der Waals surface area contributed by atoms with Gasteiger partial charge in [0.1, 0.15) is 6.04 Å². The molecule has 28 heavy (non-hydrogen) atoms. The van der Waals surface area contributed by atoms with Crippen LogP contribution in [0, 0.1) is 0 Å². The fourth-order valence-corrected chi connectivity index (χ4v) is 3.05. The van der Waals surface area contributed by atoms with Crippen LogP contribution in [0.1, 0.15) is 103 Å². The molecule has 0 saturated carbocycles. The summed E-state index contributed by atoms with van der Waals surface area (Å²) in [7, 11) is 0. The molecule has 5 nitrogen and oxygen atoms in total. The monoisotopic (exact) mass is 418 g/mol. The maximum atomic E-state index is 11.7. The first-order valence-electron chi connectivity index (χ1n) is 11.0. The average molecular weight is 419 g/mol. The number of hydrogen-bond donors (Lipinski definition) is 3. The Morgan fingerprint density at radius 2 is 1.39 bits per heavy atom. The SMILES string of the molecule is CCCCCCCC/C=C\CCCCCCCC(=O)N[C@@H](CCN)C(=O)O.Cl. The lowest BCUT2D eigenvalue weighted by Crippen LogP contribution is -2.41. The van der Waals surface area contributed by atoms with Gasteiger partial charge in [-0.15, -0.1) is 12.4 Å². The molecule has 0 unspecified atom stereocenters. The molecule has 0 aromatic carbocycles. The molecule has 0 bridgehead atoms. The van der Waals surface area contributed by atoms with Gasteiger partial charge in [-0.2, -0.15) is 0 Å². The van der Waals surface area contributed by atoms with Gasteiger partial charge in [0, 0.05) is 6.42 Å². The summed E-state index contributed by atoms with van der Waals surface area (Å²) in [5, 5.41) is 11.5. The molecule has 0 aromatic rings. The molecule has 166 valence electrons. The van der Waals surface area contributed by atoms with Crippen LogP contribution < -0.4 is 11.1 Å². The molecule has 0 heterocycles. The Morgan fingerprint density at radius 3 is 1.89 bits per heavy atom. The third-order valence-electron chi connectivity index (χ3n) is 4.75. The van der Waals surface area contributed by atoms with Crippen LogP contribution in [-0.4, -0.2) is 29.6 Å². The molecular weight excluding hydrogens is 376 g/mol. The second-order valence-corrected chi connectivity index (χ2v) is 7.37. The number of carbonyl (C=O) groups is 2. The van der Waals surface area contributed by atoms with Crippen LogP contribution in [0.25, 0.3) is 0 Å². The number of carboxylic acid groups (broad SMARTS) is 1. The zero-order valence-corrected chi connectivity index (χ0v) is 18.6. The van der Waals surface area contributed by atoms with Crippen molar-refractivity contribution < 1.29 is 14.7 Å². The predicted molar refractivity (Wildman–Crippen MR) is 120 cm³/mol. The summed E-state index contributed by atoms with van der Waals surface area (Å²) in [4.78, 5) is 22.7. The molecule has 0 rings (SSSR count). The molecular formula is C22H43ClN2O3. The fourth-order valence-electron chi connectivity index (χ4n) is 3.05. The summed E-state index contributed by atoms with van der Waals surface area (Å²) in [6.07, 6.45) is 21.1. The molecule has 0 fully saturated rings. The quantitative estimate of drug-likeness (QED) is 0.194. The first kappa shape index (κ1) is 29.1. The number of carboxylic acids is 1. The van der Waals surface area contributed by atoms with Crippen LogP contribution in [-0.2, 0) is 9.59 Å². The standard InChI is InChI=1S/C22H42N2O3.ClH/c1-2-3-4-5-6-7-8-9-10-11-12-13-14-15-16-17-21(25)24-20(18-19-23)22(26)27;/h9-10,20H,2-8,11-19,23H2,1H3,(H,24,25)(H,26,27);1H/b10-9-;/t20-;/m0./s1. The third kappa shape index (κ3) is 19.7. The van der Waals surface area contributed by atoms with E-state index in [-0.39, 0.29) is 31.3 Å². The van der Waals surface area contributed by atoms with Crippen LogP contribution >= 0.6 is 12.4 Å². The highest BCUT2D eigenvalue weighted by Crippen LogP contribution is 2.10. The van der Waals surface area contributed by atoms with E-state index < -0.39 is 12.0 Å². The summed E-state index contributed by atoms with van der Waals surface area (Å²) < 4.78 is 0. The minimum absolute atomic E-state index is 0. The number of aliphatic carboxylic acids is 1. The number of halogens is 1. The Bertz CT molecular complexity index is 403. The van der Waals surface area contributed by atoms with E-state index in [9.17, 15) is 9.59 Å². The molecule has 0 saturated heterocycles. The normalized spacial score (nSPS) is 11.9. The number of allylic oxidation sites excluding steroid dienone is 2. The first-order chi connectivity index (χ1) is 13.1. The number of nitrogens with two attached hydrogens (primary N) is 1. The van der Waals surface area contributed by atoms with Crippen molar-refractivity contribution in [2.24, 2.45) is 5.73 Å². The summed E-state index contributed by atoms with van der Waals surface area (Å²) in [6.45, 7) is 2.51. The van der Waals surface area contributed by atoms with E-state index in [1.807, 2.05) is 0 Å². The topological polar surface area (TPSA) is 92.4 Å². The molecule has 6 heteroatoms. The molecule has 0 aliphatic carbocycles. The van der Waals surface area contributed by atoms with Crippen molar-refractivity contribution in [2.45, 2.75) is 109 Å². The Hall–Kier alpha value is -1.07. The highest BCUT2D eigenvalue weighted by Gasteiger charge is 2.18. The van der Waals surface area contributed by atoms with Gasteiger partial charge in [0.05, 0.1) is 0 Å². The Balaban J connectivity index is 0. The van der Waals surface area contributed by atoms with Crippen LogP contribution in [0.3, 0.4) is 0 Å². The number of carbonyl (C=O) groups excluding carboxylic acids is 1. The number of rotatable bonds is 19. The zero-order chi connectivity index (χ0) is 20.2. The minimum Gasteiger partial charge on any atom is -0.480 e. The molecule has 0 aliphatic heterocycles. The lowest BCUT2D eigenvalue weighted by molar-refractivity contribution is -0.142. The Labute approximate surface area is 178 Å². The summed E-state index contributed by atoms with van der Waals surface area (Å²) in [5.74, 6) is -1.20. The molecule has 0 spiro atoms. The lowest BCUT2D eigenvalue weighted by Gasteiger charge is -2.13. The van der Waals surface area contributed by atoms with Crippen molar-refractivity contribution in [3.05, 3.63) is 12.2 Å². The van der Waals surface area contributed by atoms with Crippen LogP contribution in [0.5, 0.6) is 0 Å². The van der Waals surface area contributed by atoms with E-state index in [4.69, 9.17) is 10.8 Å². The van der Waals surface area contributed by atoms with Crippen molar-refractivity contribution >= 4 is 24.3 Å². The largest absolute Gasteiger partial charge is 0.480 e. The first-order valence-corrected chi connectivity index (χ1v) is 11.0. The number of amides is 1. The van der Waals surface area contributed by atoms with Crippen molar-refractivity contribution in [3.63, 3.8) is 0 Å². The molecule has 1 atom stereocenters. The zero-order valence-electron chi connectivity index (χ0n) is 17.8. The van der Waals surface area contributed by atoms with Crippen molar-refractivity contribution in [1.82, 2.24) is 5.32 Å². The van der Waals surface area contributed by atoms with E-state index in [1.165, 1.54) is 57.8 Å². The van der Waals surface area contributed by atoms with Crippen LogP contribution in [0.4, 0.5) is 0 Å². The molecule has 0 aliphatic rings. The van der Waals surface area contributed by atoms with Crippen LogP contribution in [0.2, 0.25) is 0 Å². The van der Waals surface area contributed by atoms with E-state index in [0.717, 1.165) is 25.7 Å². The molecule has 4 N–H and O–H groups in total. The van der Waals surface area contributed by atoms with Gasteiger partial charge >= 0.3 is 5.97 Å². The smallest absolute Gasteiger partial charge is 0.326 e. The number of hydrogen-bond acceptors (Lipinski definition) is 3. The van der Waals surface area contributed by atoms with Gasteiger partial charge in [-0.1, -0.05) is 70.4 Å². The van der Waals surface area contributed by atoms with E-state index in [0.29, 0.717) is 6.42 Å². The van der Waals surface area contributed by atoms with Gasteiger partial charge in [0.15, 0.2) is 0 Å². The average Bonchev–Trinajstić information content (AvgIpc) is 2.64. The molecule has 1 amide bonds. The van der Waals surface area contributed by atoms with Crippen LogP contribution in [0.15, 0.2) is 12.2 Å². The van der Waals surface area contributed by atoms with Crippen molar-refractivity contribution in [3.8, 4) is 0 Å². The lowest BCUT2D eigenvalue weighted by atomic mass is 10.1. The number of nitrogens with one attached hydrogen (secondary N) is 1. The maximum absolute atomic E-state index is 11.7. The Morgan fingerprint density at radius 1 is 0.893 bits per heavy atom. The fraction of sp³-hybridized carbons (Fsp3) is 0.818. The Kier molecular flexibility index (Phi) is 23.1. The summed E-state index contributed by atoms with van der Waals surface area (Å²) in [5.41, 5.74) is 5.36. The van der Waals surface area contributed by atoms with E-state index in [2.05, 4.69) is 24.4 Å². The van der Waals surface area contributed by atoms with Gasteiger partial charge in [-0.25, -0.2) is 4.79 Å². The molecule has 0 aromatic heterocycles. The minimum atomic E-state index is -1.02. The molecule has 0 radical (unpaired) electrons. The van der Waals surface area contributed by atoms with Gasteiger partial charge in [0.25, 0.3) is 0 Å².